The number of aliphatic hydroxyl groups excluding tert-OH is 1. The standard InChI is InChI=1S/C14H23NO2/c1-11-9-12(2)14(17-3)13(10-11)5-7-15-6-4-8-16/h9-10,15-16H,4-8H2,1-3H3. The Hall–Kier alpha value is -1.06. The number of benzene rings is 1. The molecule has 0 amide bonds. The van der Waals surface area contributed by atoms with Crippen molar-refractivity contribution in [3.63, 3.8) is 0 Å². The predicted molar refractivity (Wildman–Crippen MR) is 70.7 cm³/mol. The Balaban J connectivity index is 2.57. The highest BCUT2D eigenvalue weighted by Gasteiger charge is 2.06. The van der Waals surface area contributed by atoms with Gasteiger partial charge in [0.1, 0.15) is 5.75 Å². The Labute approximate surface area is 104 Å². The van der Waals surface area contributed by atoms with Crippen LogP contribution in [-0.2, 0) is 6.42 Å². The Morgan fingerprint density at radius 3 is 2.65 bits per heavy atom. The second kappa shape index (κ2) is 7.30. The maximum absolute atomic E-state index is 8.68. The Morgan fingerprint density at radius 1 is 1.24 bits per heavy atom. The third-order valence-corrected chi connectivity index (χ3v) is 2.78. The molecule has 3 nitrogen and oxygen atoms in total. The molecule has 0 unspecified atom stereocenters. The number of aryl methyl sites for hydroxylation is 2. The SMILES string of the molecule is COc1c(C)cc(C)cc1CCNCCCO. The van der Waals surface area contributed by atoms with Crippen molar-refractivity contribution in [1.29, 1.82) is 0 Å². The first kappa shape index (κ1) is 14.0. The number of hydrogen-bond acceptors (Lipinski definition) is 3. The fourth-order valence-electron chi connectivity index (χ4n) is 2.07. The van der Waals surface area contributed by atoms with Crippen LogP contribution in [0.4, 0.5) is 0 Å². The first-order chi connectivity index (χ1) is 8.19. The summed E-state index contributed by atoms with van der Waals surface area (Å²) in [5.41, 5.74) is 3.72. The van der Waals surface area contributed by atoms with Crippen LogP contribution in [0.15, 0.2) is 12.1 Å². The van der Waals surface area contributed by atoms with Crippen molar-refractivity contribution in [2.24, 2.45) is 0 Å². The summed E-state index contributed by atoms with van der Waals surface area (Å²) in [6, 6.07) is 4.32. The van der Waals surface area contributed by atoms with Gasteiger partial charge < -0.3 is 15.2 Å². The average molecular weight is 237 g/mol. The third-order valence-electron chi connectivity index (χ3n) is 2.78. The molecule has 0 spiro atoms. The number of methoxy groups -OCH3 is 1. The van der Waals surface area contributed by atoms with E-state index < -0.39 is 0 Å². The molecule has 0 fully saturated rings. The monoisotopic (exact) mass is 237 g/mol. The lowest BCUT2D eigenvalue weighted by atomic mass is 10.0. The van der Waals surface area contributed by atoms with E-state index in [1.165, 1.54) is 16.7 Å². The van der Waals surface area contributed by atoms with Crippen molar-refractivity contribution in [3.8, 4) is 5.75 Å². The highest BCUT2D eigenvalue weighted by atomic mass is 16.5. The molecule has 17 heavy (non-hydrogen) atoms. The summed E-state index contributed by atoms with van der Waals surface area (Å²) in [4.78, 5) is 0. The molecule has 0 aromatic heterocycles. The summed E-state index contributed by atoms with van der Waals surface area (Å²) < 4.78 is 5.44. The normalized spacial score (nSPS) is 10.6. The molecule has 2 N–H and O–H groups in total. The van der Waals surface area contributed by atoms with Crippen LogP contribution in [0.3, 0.4) is 0 Å². The lowest BCUT2D eigenvalue weighted by Crippen LogP contribution is -2.19. The summed E-state index contributed by atoms with van der Waals surface area (Å²) in [7, 11) is 1.72. The smallest absolute Gasteiger partial charge is 0.125 e. The van der Waals surface area contributed by atoms with E-state index in [2.05, 4.69) is 31.3 Å². The van der Waals surface area contributed by atoms with Gasteiger partial charge in [-0.15, -0.1) is 0 Å². The van der Waals surface area contributed by atoms with Gasteiger partial charge in [-0.05, 0) is 50.9 Å². The Bertz CT molecular complexity index is 350. The Kier molecular flexibility index (Phi) is 6.01. The summed E-state index contributed by atoms with van der Waals surface area (Å²) in [5, 5.41) is 12.0. The number of hydrogen-bond donors (Lipinski definition) is 2. The molecule has 0 heterocycles. The van der Waals surface area contributed by atoms with Gasteiger partial charge in [0.25, 0.3) is 0 Å². The molecule has 1 rings (SSSR count). The van der Waals surface area contributed by atoms with Crippen molar-refractivity contribution in [2.45, 2.75) is 26.7 Å². The largest absolute Gasteiger partial charge is 0.496 e. The van der Waals surface area contributed by atoms with Crippen LogP contribution in [0.2, 0.25) is 0 Å². The second-order valence-corrected chi connectivity index (χ2v) is 4.35. The van der Waals surface area contributed by atoms with Gasteiger partial charge in [-0.25, -0.2) is 0 Å². The van der Waals surface area contributed by atoms with Gasteiger partial charge in [0, 0.05) is 6.61 Å². The molecule has 0 atom stereocenters. The highest BCUT2D eigenvalue weighted by Crippen LogP contribution is 2.25. The molecule has 0 aliphatic carbocycles. The van der Waals surface area contributed by atoms with E-state index in [0.717, 1.165) is 31.7 Å². The number of nitrogens with one attached hydrogen (secondary N) is 1. The summed E-state index contributed by atoms with van der Waals surface area (Å²) in [5.74, 6) is 1.000. The number of aliphatic hydroxyl groups is 1. The van der Waals surface area contributed by atoms with Gasteiger partial charge >= 0.3 is 0 Å². The molecular weight excluding hydrogens is 214 g/mol. The first-order valence-electron chi connectivity index (χ1n) is 6.14. The van der Waals surface area contributed by atoms with Crippen LogP contribution >= 0.6 is 0 Å². The van der Waals surface area contributed by atoms with Crippen LogP contribution < -0.4 is 10.1 Å². The quantitative estimate of drug-likeness (QED) is 0.711. The van der Waals surface area contributed by atoms with E-state index in [4.69, 9.17) is 9.84 Å². The van der Waals surface area contributed by atoms with Gasteiger partial charge in [-0.2, -0.15) is 0 Å². The minimum atomic E-state index is 0.250. The molecule has 0 aliphatic rings. The zero-order valence-electron chi connectivity index (χ0n) is 11.0. The van der Waals surface area contributed by atoms with Crippen molar-refractivity contribution in [2.75, 3.05) is 26.8 Å². The molecule has 96 valence electrons. The lowest BCUT2D eigenvalue weighted by molar-refractivity contribution is 0.286. The van der Waals surface area contributed by atoms with Crippen LogP contribution in [-0.4, -0.2) is 31.9 Å². The fourth-order valence-corrected chi connectivity index (χ4v) is 2.07. The highest BCUT2D eigenvalue weighted by molar-refractivity contribution is 5.43. The number of rotatable bonds is 7. The summed E-state index contributed by atoms with van der Waals surface area (Å²) in [6.07, 6.45) is 1.76. The van der Waals surface area contributed by atoms with Gasteiger partial charge in [0.15, 0.2) is 0 Å². The van der Waals surface area contributed by atoms with Gasteiger partial charge in [-0.3, -0.25) is 0 Å². The number of ether oxygens (including phenoxy) is 1. The molecule has 3 heteroatoms. The fraction of sp³-hybridized carbons (Fsp3) is 0.571. The summed E-state index contributed by atoms with van der Waals surface area (Å²) in [6.45, 7) is 6.21. The van der Waals surface area contributed by atoms with Crippen LogP contribution in [0.1, 0.15) is 23.1 Å². The van der Waals surface area contributed by atoms with Gasteiger partial charge in [-0.1, -0.05) is 17.7 Å². The van der Waals surface area contributed by atoms with E-state index in [0.29, 0.717) is 0 Å². The lowest BCUT2D eigenvalue weighted by Gasteiger charge is -2.13. The molecule has 0 saturated heterocycles. The van der Waals surface area contributed by atoms with Crippen LogP contribution in [0.25, 0.3) is 0 Å². The van der Waals surface area contributed by atoms with Gasteiger partial charge in [0.2, 0.25) is 0 Å². The Morgan fingerprint density at radius 2 is 2.00 bits per heavy atom. The van der Waals surface area contributed by atoms with E-state index >= 15 is 0 Å². The predicted octanol–water partition coefficient (Wildman–Crippen LogP) is 1.83. The van der Waals surface area contributed by atoms with E-state index in [1.54, 1.807) is 7.11 Å². The second-order valence-electron chi connectivity index (χ2n) is 4.35. The van der Waals surface area contributed by atoms with Gasteiger partial charge in [0.05, 0.1) is 7.11 Å². The topological polar surface area (TPSA) is 41.5 Å². The molecule has 0 radical (unpaired) electrons. The van der Waals surface area contributed by atoms with E-state index in [9.17, 15) is 0 Å². The zero-order chi connectivity index (χ0) is 12.7. The van der Waals surface area contributed by atoms with E-state index in [-0.39, 0.29) is 6.61 Å². The zero-order valence-corrected chi connectivity index (χ0v) is 11.0. The average Bonchev–Trinajstić information content (AvgIpc) is 2.28. The van der Waals surface area contributed by atoms with Crippen LogP contribution in [0, 0.1) is 13.8 Å². The first-order valence-corrected chi connectivity index (χ1v) is 6.14. The third kappa shape index (κ3) is 4.36. The van der Waals surface area contributed by atoms with Crippen molar-refractivity contribution in [3.05, 3.63) is 28.8 Å². The van der Waals surface area contributed by atoms with Crippen molar-refractivity contribution >= 4 is 0 Å². The van der Waals surface area contributed by atoms with E-state index in [1.807, 2.05) is 0 Å². The molecule has 0 saturated carbocycles. The molecular formula is C14H23NO2. The molecule has 0 aliphatic heterocycles. The molecule has 0 bridgehead atoms. The minimum absolute atomic E-state index is 0.250. The van der Waals surface area contributed by atoms with Crippen molar-refractivity contribution < 1.29 is 9.84 Å². The van der Waals surface area contributed by atoms with Crippen LogP contribution in [0.5, 0.6) is 5.75 Å². The summed E-state index contributed by atoms with van der Waals surface area (Å²) >= 11 is 0. The molecule has 1 aromatic carbocycles. The minimum Gasteiger partial charge on any atom is -0.496 e. The maximum Gasteiger partial charge on any atom is 0.125 e. The maximum atomic E-state index is 8.68. The van der Waals surface area contributed by atoms with Crippen molar-refractivity contribution in [1.82, 2.24) is 5.32 Å². The molecule has 1 aromatic rings.